The van der Waals surface area contributed by atoms with Gasteiger partial charge in [-0.05, 0) is 109 Å². The number of carbonyl (C=O) groups is 3. The van der Waals surface area contributed by atoms with Gasteiger partial charge in [-0.1, -0.05) is 248 Å². The maximum Gasteiger partial charge on any atom is 0.306 e. The summed E-state index contributed by atoms with van der Waals surface area (Å²) >= 11 is 0. The number of unbranched alkanes of at least 4 members (excludes halogenated alkanes) is 35. The predicted molar refractivity (Wildman–Crippen MR) is 307 cm³/mol. The van der Waals surface area contributed by atoms with Crippen LogP contribution in [0.4, 0.5) is 0 Å². The first-order chi connectivity index (χ1) is 35.0. The number of ether oxygens (including phenoxy) is 3. The lowest BCUT2D eigenvalue weighted by Crippen LogP contribution is -2.30. The van der Waals surface area contributed by atoms with E-state index in [1.165, 1.54) is 193 Å². The minimum absolute atomic E-state index is 0.0810. The molecular formula is C65H116O6. The molecule has 0 heterocycles. The summed E-state index contributed by atoms with van der Waals surface area (Å²) < 4.78 is 16.9. The minimum atomic E-state index is -0.784. The van der Waals surface area contributed by atoms with Crippen LogP contribution < -0.4 is 0 Å². The second-order valence-corrected chi connectivity index (χ2v) is 20.6. The van der Waals surface area contributed by atoms with Gasteiger partial charge in [-0.15, -0.1) is 0 Å². The molecule has 0 aliphatic heterocycles. The van der Waals surface area contributed by atoms with Gasteiger partial charge in [0.1, 0.15) is 13.2 Å². The highest BCUT2D eigenvalue weighted by molar-refractivity contribution is 5.71. The zero-order valence-electron chi connectivity index (χ0n) is 47.2. The molecule has 0 aromatic heterocycles. The lowest BCUT2D eigenvalue weighted by Gasteiger charge is -2.18. The lowest BCUT2D eigenvalue weighted by atomic mass is 10.1. The summed E-state index contributed by atoms with van der Waals surface area (Å²) in [6.07, 6.45) is 74.9. The Bertz CT molecular complexity index is 1280. The van der Waals surface area contributed by atoms with Crippen LogP contribution in [0.1, 0.15) is 316 Å². The first-order valence-electron chi connectivity index (χ1n) is 30.8. The van der Waals surface area contributed by atoms with Gasteiger partial charge in [-0.25, -0.2) is 0 Å². The molecular weight excluding hydrogens is 877 g/mol. The van der Waals surface area contributed by atoms with Crippen molar-refractivity contribution in [1.82, 2.24) is 0 Å². The summed E-state index contributed by atoms with van der Waals surface area (Å²) in [5.41, 5.74) is 0. The van der Waals surface area contributed by atoms with Gasteiger partial charge >= 0.3 is 17.9 Å². The Morgan fingerprint density at radius 2 is 0.507 bits per heavy atom. The number of carbonyl (C=O) groups excluding carboxylic acids is 3. The van der Waals surface area contributed by atoms with Crippen molar-refractivity contribution in [1.29, 1.82) is 0 Å². The van der Waals surface area contributed by atoms with E-state index in [-0.39, 0.29) is 31.1 Å². The molecule has 6 nitrogen and oxygen atoms in total. The molecule has 0 spiro atoms. The third-order valence-corrected chi connectivity index (χ3v) is 13.5. The molecule has 0 aliphatic rings. The Labute approximate surface area is 440 Å². The Morgan fingerprint density at radius 1 is 0.282 bits per heavy atom. The molecule has 0 rings (SSSR count). The number of hydrogen-bond acceptors (Lipinski definition) is 6. The van der Waals surface area contributed by atoms with E-state index in [1.807, 2.05) is 0 Å². The van der Waals surface area contributed by atoms with Crippen molar-refractivity contribution in [3.05, 3.63) is 60.8 Å². The van der Waals surface area contributed by atoms with Gasteiger partial charge < -0.3 is 14.2 Å². The molecule has 0 aromatic carbocycles. The van der Waals surface area contributed by atoms with Crippen LogP contribution in [-0.4, -0.2) is 37.2 Å². The predicted octanol–water partition coefficient (Wildman–Crippen LogP) is 20.8. The van der Waals surface area contributed by atoms with Crippen molar-refractivity contribution in [3.8, 4) is 0 Å². The van der Waals surface area contributed by atoms with Gasteiger partial charge in [0.2, 0.25) is 0 Å². The fourth-order valence-corrected chi connectivity index (χ4v) is 8.79. The van der Waals surface area contributed by atoms with Crippen LogP contribution in [0.2, 0.25) is 0 Å². The Balaban J connectivity index is 4.39. The SMILES string of the molecule is CCCCC/C=C\C/C=C\CCCCCCCCCCCC(=O)OCC(COC(=O)CCCCCCC/C=C\CCCCCCCCC)OC(=O)CCCCCCCCC/C=C\C/C=C\CCCCCC. The van der Waals surface area contributed by atoms with Gasteiger partial charge in [0.15, 0.2) is 6.10 Å². The summed E-state index contributed by atoms with van der Waals surface area (Å²) in [5, 5.41) is 0. The number of allylic oxidation sites excluding steroid dienone is 10. The molecule has 71 heavy (non-hydrogen) atoms. The van der Waals surface area contributed by atoms with E-state index >= 15 is 0 Å². The third kappa shape index (κ3) is 57.9. The van der Waals surface area contributed by atoms with Crippen LogP contribution >= 0.6 is 0 Å². The summed E-state index contributed by atoms with van der Waals surface area (Å²) in [4.78, 5) is 38.3. The average molecular weight is 994 g/mol. The molecule has 1 unspecified atom stereocenters. The van der Waals surface area contributed by atoms with Gasteiger partial charge in [0.05, 0.1) is 0 Å². The Kier molecular flexibility index (Phi) is 57.2. The molecule has 0 aliphatic carbocycles. The van der Waals surface area contributed by atoms with Crippen molar-refractivity contribution in [2.45, 2.75) is 322 Å². The van der Waals surface area contributed by atoms with Crippen LogP contribution in [0, 0.1) is 0 Å². The fraction of sp³-hybridized carbons (Fsp3) is 0.800. The van der Waals surface area contributed by atoms with Crippen LogP contribution in [0.3, 0.4) is 0 Å². The third-order valence-electron chi connectivity index (χ3n) is 13.5. The maximum absolute atomic E-state index is 12.9. The van der Waals surface area contributed by atoms with E-state index in [2.05, 4.69) is 81.5 Å². The molecule has 0 bridgehead atoms. The Hall–Kier alpha value is -2.89. The van der Waals surface area contributed by atoms with E-state index in [1.54, 1.807) is 0 Å². The standard InChI is InChI=1S/C65H116O6/c1-4-7-10-13-16-19-22-25-28-31-33-35-37-40-43-46-49-52-55-58-64(67)70-61-62(60-69-63(66)57-54-51-48-45-42-39-36-30-27-24-21-18-15-12-9-6-3)71-65(68)59-56-53-50-47-44-41-38-34-32-29-26-23-20-17-14-11-8-5-2/h16,19-20,23,25,28-30,32,36,62H,4-15,17-18,21-22,24,26-27,31,33-35,37-61H2,1-3H3/b19-16-,23-20-,28-25-,32-29-,36-30-. The molecule has 1 atom stereocenters. The highest BCUT2D eigenvalue weighted by atomic mass is 16.6. The summed E-state index contributed by atoms with van der Waals surface area (Å²) in [6, 6.07) is 0. The number of esters is 3. The molecule has 0 aromatic rings. The second kappa shape index (κ2) is 59.7. The molecule has 412 valence electrons. The van der Waals surface area contributed by atoms with Crippen LogP contribution in [0.5, 0.6) is 0 Å². The number of hydrogen-bond donors (Lipinski definition) is 0. The van der Waals surface area contributed by atoms with Gasteiger partial charge in [-0.2, -0.15) is 0 Å². The van der Waals surface area contributed by atoms with E-state index < -0.39 is 6.10 Å². The van der Waals surface area contributed by atoms with E-state index in [0.717, 1.165) is 83.5 Å². The molecule has 0 saturated heterocycles. The molecule has 0 fully saturated rings. The molecule has 0 saturated carbocycles. The zero-order chi connectivity index (χ0) is 51.4. The highest BCUT2D eigenvalue weighted by Crippen LogP contribution is 2.16. The Morgan fingerprint density at radius 3 is 0.831 bits per heavy atom. The zero-order valence-corrected chi connectivity index (χ0v) is 47.2. The smallest absolute Gasteiger partial charge is 0.306 e. The van der Waals surface area contributed by atoms with Gasteiger partial charge in [0.25, 0.3) is 0 Å². The lowest BCUT2D eigenvalue weighted by molar-refractivity contribution is -0.167. The largest absolute Gasteiger partial charge is 0.462 e. The average Bonchev–Trinajstić information content (AvgIpc) is 3.37. The minimum Gasteiger partial charge on any atom is -0.462 e. The fourth-order valence-electron chi connectivity index (χ4n) is 8.79. The van der Waals surface area contributed by atoms with E-state index in [4.69, 9.17) is 14.2 Å². The van der Waals surface area contributed by atoms with Gasteiger partial charge in [-0.3, -0.25) is 14.4 Å². The van der Waals surface area contributed by atoms with E-state index in [0.29, 0.717) is 19.3 Å². The van der Waals surface area contributed by atoms with Crippen molar-refractivity contribution >= 4 is 17.9 Å². The van der Waals surface area contributed by atoms with Crippen LogP contribution in [-0.2, 0) is 28.6 Å². The summed E-state index contributed by atoms with van der Waals surface area (Å²) in [6.45, 7) is 6.61. The summed E-state index contributed by atoms with van der Waals surface area (Å²) in [5.74, 6) is -0.887. The second-order valence-electron chi connectivity index (χ2n) is 20.6. The first-order valence-corrected chi connectivity index (χ1v) is 30.8. The van der Waals surface area contributed by atoms with Crippen molar-refractivity contribution in [3.63, 3.8) is 0 Å². The van der Waals surface area contributed by atoms with Crippen molar-refractivity contribution < 1.29 is 28.6 Å². The topological polar surface area (TPSA) is 78.9 Å². The molecule has 0 amide bonds. The molecule has 0 N–H and O–H groups in total. The van der Waals surface area contributed by atoms with Crippen molar-refractivity contribution in [2.24, 2.45) is 0 Å². The molecule has 6 heteroatoms. The normalized spacial score (nSPS) is 12.4. The highest BCUT2D eigenvalue weighted by Gasteiger charge is 2.19. The number of rotatable bonds is 56. The van der Waals surface area contributed by atoms with Gasteiger partial charge in [0, 0.05) is 19.3 Å². The molecule has 0 radical (unpaired) electrons. The monoisotopic (exact) mass is 993 g/mol. The quantitative estimate of drug-likeness (QED) is 0.0261. The van der Waals surface area contributed by atoms with Crippen LogP contribution in [0.15, 0.2) is 60.8 Å². The van der Waals surface area contributed by atoms with E-state index in [9.17, 15) is 14.4 Å². The maximum atomic E-state index is 12.9. The van der Waals surface area contributed by atoms with Crippen molar-refractivity contribution in [2.75, 3.05) is 13.2 Å². The van der Waals surface area contributed by atoms with Crippen LogP contribution in [0.25, 0.3) is 0 Å². The first kappa shape index (κ1) is 68.1. The summed E-state index contributed by atoms with van der Waals surface area (Å²) in [7, 11) is 0.